The summed E-state index contributed by atoms with van der Waals surface area (Å²) >= 11 is 1.54. The normalized spacial score (nSPS) is 11.7. The molecule has 3 heteroatoms. The first kappa shape index (κ1) is 9.82. The Bertz CT molecular complexity index is 308. The lowest BCUT2D eigenvalue weighted by atomic mass is 10.2. The van der Waals surface area contributed by atoms with Crippen LogP contribution in [0.1, 0.15) is 24.3 Å². The van der Waals surface area contributed by atoms with E-state index in [1.54, 1.807) is 11.3 Å². The molecule has 1 atom stereocenters. The molecule has 0 bridgehead atoms. The van der Waals surface area contributed by atoms with Crippen molar-refractivity contribution < 1.29 is 9.53 Å². The van der Waals surface area contributed by atoms with Gasteiger partial charge in [0.1, 0.15) is 6.10 Å². The molecule has 1 heterocycles. The van der Waals surface area contributed by atoms with Gasteiger partial charge in [-0.15, -0.1) is 23.7 Å². The zero-order valence-electron chi connectivity index (χ0n) is 7.32. The number of ether oxygens (including phenoxy) is 1. The monoisotopic (exact) mass is 194 g/mol. The fourth-order valence-corrected chi connectivity index (χ4v) is 1.74. The Kier molecular flexibility index (Phi) is 3.53. The van der Waals surface area contributed by atoms with Gasteiger partial charge in [0.15, 0.2) is 0 Å². The third-order valence-corrected chi connectivity index (χ3v) is 2.44. The van der Waals surface area contributed by atoms with Gasteiger partial charge in [-0.25, -0.2) is 0 Å². The molecule has 0 saturated carbocycles. The predicted octanol–water partition coefficient (Wildman–Crippen LogP) is 2.38. The Hall–Kier alpha value is -1.27. The summed E-state index contributed by atoms with van der Waals surface area (Å²) in [6.45, 7) is 1.39. The molecule has 0 radical (unpaired) electrons. The molecule has 0 N–H and O–H groups in total. The van der Waals surface area contributed by atoms with Gasteiger partial charge in [0, 0.05) is 11.8 Å². The largest absolute Gasteiger partial charge is 0.456 e. The summed E-state index contributed by atoms with van der Waals surface area (Å²) in [6, 6.07) is 3.82. The molecule has 68 valence electrons. The van der Waals surface area contributed by atoms with E-state index in [2.05, 4.69) is 5.92 Å². The molecule has 1 unspecified atom stereocenters. The van der Waals surface area contributed by atoms with E-state index in [0.717, 1.165) is 4.88 Å². The predicted molar refractivity (Wildman–Crippen MR) is 52.3 cm³/mol. The van der Waals surface area contributed by atoms with E-state index in [0.29, 0.717) is 6.42 Å². The maximum Gasteiger partial charge on any atom is 0.303 e. The van der Waals surface area contributed by atoms with Crippen molar-refractivity contribution in [3.8, 4) is 12.3 Å². The number of hydrogen-bond donors (Lipinski definition) is 0. The number of carbonyl (C=O) groups excluding carboxylic acids is 1. The Labute approximate surface area is 81.5 Å². The fraction of sp³-hybridized carbons (Fsp3) is 0.300. The smallest absolute Gasteiger partial charge is 0.303 e. The van der Waals surface area contributed by atoms with Crippen molar-refractivity contribution in [2.45, 2.75) is 19.4 Å². The third-order valence-electron chi connectivity index (χ3n) is 1.47. The van der Waals surface area contributed by atoms with Crippen LogP contribution >= 0.6 is 11.3 Å². The molecule has 2 nitrogen and oxygen atoms in total. The van der Waals surface area contributed by atoms with E-state index < -0.39 is 0 Å². The van der Waals surface area contributed by atoms with Crippen LogP contribution in [0.5, 0.6) is 0 Å². The zero-order valence-corrected chi connectivity index (χ0v) is 8.14. The van der Waals surface area contributed by atoms with Crippen molar-refractivity contribution in [1.29, 1.82) is 0 Å². The second-order valence-corrected chi connectivity index (χ2v) is 3.50. The van der Waals surface area contributed by atoms with Crippen LogP contribution in [0, 0.1) is 12.3 Å². The van der Waals surface area contributed by atoms with Crippen LogP contribution in [0.2, 0.25) is 0 Å². The first-order chi connectivity index (χ1) is 6.24. The van der Waals surface area contributed by atoms with Gasteiger partial charge in [-0.2, -0.15) is 0 Å². The summed E-state index contributed by atoms with van der Waals surface area (Å²) < 4.78 is 5.06. The number of esters is 1. The standard InChI is InChI=1S/C10H10O2S/c1-3-5-9(12-8(2)11)10-6-4-7-13-10/h1,4,6-7,9H,5H2,2H3. The number of thiophene rings is 1. The van der Waals surface area contributed by atoms with E-state index in [1.807, 2.05) is 17.5 Å². The van der Waals surface area contributed by atoms with Crippen LogP contribution in [-0.2, 0) is 9.53 Å². The average Bonchev–Trinajstić information content (AvgIpc) is 2.54. The Balaban J connectivity index is 2.69. The van der Waals surface area contributed by atoms with E-state index in [9.17, 15) is 4.79 Å². The fourth-order valence-electron chi connectivity index (χ4n) is 0.982. The molecule has 1 aromatic heterocycles. The van der Waals surface area contributed by atoms with E-state index in [-0.39, 0.29) is 12.1 Å². The molecule has 13 heavy (non-hydrogen) atoms. The lowest BCUT2D eigenvalue weighted by Crippen LogP contribution is -2.06. The van der Waals surface area contributed by atoms with E-state index in [1.165, 1.54) is 6.92 Å². The Morgan fingerprint density at radius 3 is 3.08 bits per heavy atom. The summed E-state index contributed by atoms with van der Waals surface area (Å²) in [7, 11) is 0. The highest BCUT2D eigenvalue weighted by atomic mass is 32.1. The lowest BCUT2D eigenvalue weighted by molar-refractivity contribution is -0.146. The molecule has 0 aliphatic heterocycles. The van der Waals surface area contributed by atoms with Gasteiger partial charge in [0.25, 0.3) is 0 Å². The molecular formula is C10H10O2S. The summed E-state index contributed by atoms with van der Waals surface area (Å²) in [5.41, 5.74) is 0. The van der Waals surface area contributed by atoms with Gasteiger partial charge in [0.2, 0.25) is 0 Å². The topological polar surface area (TPSA) is 26.3 Å². The van der Waals surface area contributed by atoms with Crippen molar-refractivity contribution in [2.24, 2.45) is 0 Å². The van der Waals surface area contributed by atoms with Crippen LogP contribution in [0.25, 0.3) is 0 Å². The molecule has 0 fully saturated rings. The van der Waals surface area contributed by atoms with Crippen LogP contribution in [-0.4, -0.2) is 5.97 Å². The Morgan fingerprint density at radius 2 is 2.62 bits per heavy atom. The molecule has 0 saturated heterocycles. The van der Waals surface area contributed by atoms with Gasteiger partial charge in [-0.3, -0.25) is 4.79 Å². The molecule has 1 aromatic rings. The highest BCUT2D eigenvalue weighted by Gasteiger charge is 2.13. The third kappa shape index (κ3) is 2.92. The minimum atomic E-state index is -0.298. The molecule has 0 amide bonds. The molecular weight excluding hydrogens is 184 g/mol. The van der Waals surface area contributed by atoms with Crippen LogP contribution in [0.3, 0.4) is 0 Å². The summed E-state index contributed by atoms with van der Waals surface area (Å²) in [4.78, 5) is 11.7. The van der Waals surface area contributed by atoms with E-state index >= 15 is 0 Å². The van der Waals surface area contributed by atoms with E-state index in [4.69, 9.17) is 11.2 Å². The molecule has 1 rings (SSSR count). The average molecular weight is 194 g/mol. The molecule has 0 aliphatic rings. The first-order valence-electron chi connectivity index (χ1n) is 3.88. The zero-order chi connectivity index (χ0) is 9.68. The van der Waals surface area contributed by atoms with Crippen molar-refractivity contribution in [3.63, 3.8) is 0 Å². The van der Waals surface area contributed by atoms with Crippen LogP contribution < -0.4 is 0 Å². The minimum Gasteiger partial charge on any atom is -0.456 e. The highest BCUT2D eigenvalue weighted by molar-refractivity contribution is 7.10. The summed E-state index contributed by atoms with van der Waals surface area (Å²) in [5, 5.41) is 1.93. The quantitative estimate of drug-likeness (QED) is 0.545. The molecule has 0 aromatic carbocycles. The minimum absolute atomic E-state index is 0.275. The second-order valence-electron chi connectivity index (χ2n) is 2.52. The van der Waals surface area contributed by atoms with Gasteiger partial charge >= 0.3 is 5.97 Å². The maximum atomic E-state index is 10.7. The maximum absolute atomic E-state index is 10.7. The van der Waals surface area contributed by atoms with Gasteiger partial charge in [0.05, 0.1) is 6.42 Å². The van der Waals surface area contributed by atoms with Crippen molar-refractivity contribution in [2.75, 3.05) is 0 Å². The molecule has 0 spiro atoms. The second kappa shape index (κ2) is 4.68. The van der Waals surface area contributed by atoms with Gasteiger partial charge in [-0.05, 0) is 11.4 Å². The van der Waals surface area contributed by atoms with Crippen LogP contribution in [0.4, 0.5) is 0 Å². The summed E-state index contributed by atoms with van der Waals surface area (Å²) in [5.74, 6) is 2.19. The van der Waals surface area contributed by atoms with Crippen molar-refractivity contribution in [3.05, 3.63) is 22.4 Å². The number of rotatable bonds is 3. The first-order valence-corrected chi connectivity index (χ1v) is 4.76. The SMILES string of the molecule is C#CCC(OC(C)=O)c1cccs1. The summed E-state index contributed by atoms with van der Waals surface area (Å²) in [6.07, 6.45) is 5.33. The van der Waals surface area contributed by atoms with Crippen LogP contribution in [0.15, 0.2) is 17.5 Å². The lowest BCUT2D eigenvalue weighted by Gasteiger charge is -2.11. The number of carbonyl (C=O) groups is 1. The van der Waals surface area contributed by atoms with Crippen molar-refractivity contribution in [1.82, 2.24) is 0 Å². The Morgan fingerprint density at radius 1 is 1.85 bits per heavy atom. The van der Waals surface area contributed by atoms with Gasteiger partial charge < -0.3 is 4.74 Å². The molecule has 0 aliphatic carbocycles. The number of hydrogen-bond acceptors (Lipinski definition) is 3. The number of terminal acetylenes is 1. The van der Waals surface area contributed by atoms with Crippen molar-refractivity contribution >= 4 is 17.3 Å². The highest BCUT2D eigenvalue weighted by Crippen LogP contribution is 2.25. The van der Waals surface area contributed by atoms with Gasteiger partial charge in [-0.1, -0.05) is 6.07 Å².